The molecule has 0 rings (SSSR count). The van der Waals surface area contributed by atoms with Crippen LogP contribution in [0.25, 0.3) is 0 Å². The molecule has 0 aromatic carbocycles. The third-order valence-electron chi connectivity index (χ3n) is 2.94. The Labute approximate surface area is 99.2 Å². The van der Waals surface area contributed by atoms with Crippen molar-refractivity contribution in [1.29, 1.82) is 0 Å². The number of carbonyl (C=O) groups is 1. The van der Waals surface area contributed by atoms with E-state index < -0.39 is 0 Å². The smallest absolute Gasteiger partial charge is 0.251 e. The van der Waals surface area contributed by atoms with E-state index in [0.717, 1.165) is 24.1 Å². The zero-order valence-electron chi connectivity index (χ0n) is 11.4. The minimum atomic E-state index is 0.0972. The Hall–Kier alpha value is -1.12. The largest absolute Gasteiger partial charge is 0.339 e. The van der Waals surface area contributed by atoms with Crippen LogP contribution in [0.5, 0.6) is 0 Å². The van der Waals surface area contributed by atoms with Crippen LogP contribution in [0.4, 0.5) is 0 Å². The van der Waals surface area contributed by atoms with Crippen LogP contribution in [0.1, 0.15) is 47.5 Å². The van der Waals surface area contributed by atoms with Crippen molar-refractivity contribution in [2.45, 2.75) is 53.5 Å². The minimum absolute atomic E-state index is 0.0972. The second-order valence-corrected chi connectivity index (χ2v) is 3.98. The number of carbonyl (C=O) groups excluding carboxylic acids is 1. The minimum Gasteiger partial charge on any atom is -0.339 e. The highest BCUT2D eigenvalue weighted by Crippen LogP contribution is 2.14. The van der Waals surface area contributed by atoms with Gasteiger partial charge in [0.2, 0.25) is 0 Å². The van der Waals surface area contributed by atoms with E-state index >= 15 is 0 Å². The monoisotopic (exact) mass is 224 g/mol. The van der Waals surface area contributed by atoms with Gasteiger partial charge in [-0.15, -0.1) is 0 Å². The molecule has 0 fully saturated rings. The number of rotatable bonds is 5. The highest BCUT2D eigenvalue weighted by molar-refractivity contribution is 5.94. The van der Waals surface area contributed by atoms with Gasteiger partial charge in [0.15, 0.2) is 0 Å². The Morgan fingerprint density at radius 1 is 1.44 bits per heavy atom. The normalized spacial score (nSPS) is 14.9. The van der Waals surface area contributed by atoms with Crippen LogP contribution >= 0.6 is 0 Å². The molecule has 0 aromatic heterocycles. The maximum Gasteiger partial charge on any atom is 0.251 e. The Bertz CT molecular complexity index is 292. The lowest BCUT2D eigenvalue weighted by atomic mass is 10.1. The van der Waals surface area contributed by atoms with Crippen LogP contribution in [0, 0.1) is 0 Å². The number of hydrogen-bond donors (Lipinski definition) is 0. The lowest BCUT2D eigenvalue weighted by Gasteiger charge is -2.25. The average molecular weight is 224 g/mol. The maximum atomic E-state index is 12.2. The summed E-state index contributed by atoms with van der Waals surface area (Å²) in [5.74, 6) is 0.0972. The lowest BCUT2D eigenvalue weighted by Crippen LogP contribution is -2.35. The van der Waals surface area contributed by atoms with E-state index in [-0.39, 0.29) is 11.9 Å². The van der Waals surface area contributed by atoms with E-state index in [9.17, 15) is 4.79 Å². The summed E-state index contributed by atoms with van der Waals surface area (Å²) in [6.45, 7) is 9.89. The molecule has 0 aliphatic rings. The molecule has 0 saturated heterocycles. The van der Waals surface area contributed by atoms with Crippen molar-refractivity contribution < 1.29 is 4.79 Å². The molecular weight excluding hydrogens is 200 g/mol. The predicted octanol–water partition coefficient (Wildman–Crippen LogP) is 3.02. The molecule has 16 heavy (non-hydrogen) atoms. The zero-order chi connectivity index (χ0) is 12.7. The van der Waals surface area contributed by atoms with Gasteiger partial charge in [-0.1, -0.05) is 13.8 Å². The summed E-state index contributed by atoms with van der Waals surface area (Å²) in [5.41, 5.74) is 1.63. The number of aliphatic imine (C=N–C) groups is 1. The van der Waals surface area contributed by atoms with Gasteiger partial charge in [0.25, 0.3) is 5.91 Å². The molecule has 0 radical (unpaired) electrons. The van der Waals surface area contributed by atoms with Crippen LogP contribution in [-0.2, 0) is 4.79 Å². The number of amides is 1. The van der Waals surface area contributed by atoms with E-state index in [1.165, 1.54) is 0 Å². The van der Waals surface area contributed by atoms with Crippen molar-refractivity contribution in [1.82, 2.24) is 4.90 Å². The fourth-order valence-corrected chi connectivity index (χ4v) is 1.52. The lowest BCUT2D eigenvalue weighted by molar-refractivity contribution is -0.127. The summed E-state index contributed by atoms with van der Waals surface area (Å²) in [7, 11) is 1.86. The van der Waals surface area contributed by atoms with Gasteiger partial charge in [-0.2, -0.15) is 0 Å². The standard InChI is InChI=1S/C13H24N2O/c1-7-10(4)15(6)13(16)12(8-2)11(5)14-9-3/h9-10H,7-8H2,1-6H3. The van der Waals surface area contributed by atoms with Gasteiger partial charge < -0.3 is 4.90 Å². The van der Waals surface area contributed by atoms with Crippen LogP contribution in [-0.4, -0.2) is 30.1 Å². The van der Waals surface area contributed by atoms with Gasteiger partial charge in [-0.05, 0) is 33.6 Å². The molecule has 0 bridgehead atoms. The van der Waals surface area contributed by atoms with Crippen LogP contribution in [0.2, 0.25) is 0 Å². The summed E-state index contributed by atoms with van der Waals surface area (Å²) < 4.78 is 0. The first-order valence-corrected chi connectivity index (χ1v) is 5.95. The first-order chi connectivity index (χ1) is 7.49. The molecule has 0 heterocycles. The SMILES string of the molecule is CC=NC(C)=C(CC)C(=O)N(C)C(C)CC. The number of hydrogen-bond acceptors (Lipinski definition) is 2. The van der Waals surface area contributed by atoms with Gasteiger partial charge in [-0.3, -0.25) is 9.79 Å². The molecule has 1 atom stereocenters. The number of allylic oxidation sites excluding steroid dienone is 1. The molecule has 0 spiro atoms. The zero-order valence-corrected chi connectivity index (χ0v) is 11.4. The molecule has 0 aliphatic carbocycles. The highest BCUT2D eigenvalue weighted by Gasteiger charge is 2.18. The molecule has 0 aromatic rings. The first kappa shape index (κ1) is 14.9. The van der Waals surface area contributed by atoms with E-state index in [4.69, 9.17) is 0 Å². The average Bonchev–Trinajstić information content (AvgIpc) is 2.28. The Kier molecular flexibility index (Phi) is 6.70. The second-order valence-electron chi connectivity index (χ2n) is 3.98. The van der Waals surface area contributed by atoms with Crippen molar-refractivity contribution >= 4 is 12.1 Å². The molecule has 3 heteroatoms. The molecule has 3 nitrogen and oxygen atoms in total. The topological polar surface area (TPSA) is 32.7 Å². The third-order valence-corrected chi connectivity index (χ3v) is 2.94. The van der Waals surface area contributed by atoms with E-state index in [1.807, 2.05) is 27.8 Å². The summed E-state index contributed by atoms with van der Waals surface area (Å²) >= 11 is 0. The fraction of sp³-hybridized carbons (Fsp3) is 0.692. The maximum absolute atomic E-state index is 12.2. The molecule has 1 unspecified atom stereocenters. The van der Waals surface area contributed by atoms with Gasteiger partial charge >= 0.3 is 0 Å². The Balaban J connectivity index is 4.99. The quantitative estimate of drug-likeness (QED) is 0.522. The van der Waals surface area contributed by atoms with Gasteiger partial charge in [0.1, 0.15) is 0 Å². The van der Waals surface area contributed by atoms with Crippen molar-refractivity contribution in [2.24, 2.45) is 4.99 Å². The van der Waals surface area contributed by atoms with Crippen molar-refractivity contribution in [3.63, 3.8) is 0 Å². The molecule has 0 N–H and O–H groups in total. The summed E-state index contributed by atoms with van der Waals surface area (Å²) in [5, 5.41) is 0. The summed E-state index contributed by atoms with van der Waals surface area (Å²) in [6.07, 6.45) is 3.42. The fourth-order valence-electron chi connectivity index (χ4n) is 1.52. The Morgan fingerprint density at radius 3 is 2.38 bits per heavy atom. The van der Waals surface area contributed by atoms with Crippen LogP contribution < -0.4 is 0 Å². The third kappa shape index (κ3) is 3.80. The van der Waals surface area contributed by atoms with E-state index in [1.54, 1.807) is 11.1 Å². The molecule has 1 amide bonds. The van der Waals surface area contributed by atoms with Crippen molar-refractivity contribution in [3.05, 3.63) is 11.3 Å². The Morgan fingerprint density at radius 2 is 2.00 bits per heavy atom. The molecular formula is C13H24N2O. The highest BCUT2D eigenvalue weighted by atomic mass is 16.2. The molecule has 92 valence electrons. The molecule has 0 saturated carbocycles. The summed E-state index contributed by atoms with van der Waals surface area (Å²) in [6, 6.07) is 0.271. The predicted molar refractivity (Wildman–Crippen MR) is 69.7 cm³/mol. The van der Waals surface area contributed by atoms with E-state index in [0.29, 0.717) is 0 Å². The van der Waals surface area contributed by atoms with Gasteiger partial charge in [0, 0.05) is 30.6 Å². The summed E-state index contributed by atoms with van der Waals surface area (Å²) in [4.78, 5) is 18.2. The van der Waals surface area contributed by atoms with Gasteiger partial charge in [0.05, 0.1) is 0 Å². The number of likely N-dealkylation sites (N-methyl/N-ethyl adjacent to an activating group) is 1. The number of nitrogens with zero attached hydrogens (tertiary/aromatic N) is 2. The van der Waals surface area contributed by atoms with Crippen LogP contribution in [0.3, 0.4) is 0 Å². The van der Waals surface area contributed by atoms with E-state index in [2.05, 4.69) is 18.8 Å². The first-order valence-electron chi connectivity index (χ1n) is 5.95. The van der Waals surface area contributed by atoms with Crippen molar-refractivity contribution in [2.75, 3.05) is 7.05 Å². The van der Waals surface area contributed by atoms with Crippen LogP contribution in [0.15, 0.2) is 16.3 Å². The second kappa shape index (κ2) is 7.20. The van der Waals surface area contributed by atoms with Crippen molar-refractivity contribution in [3.8, 4) is 0 Å². The molecule has 0 aliphatic heterocycles. The van der Waals surface area contributed by atoms with Gasteiger partial charge in [-0.25, -0.2) is 0 Å².